The molecule has 8 heteroatoms. The lowest BCUT2D eigenvalue weighted by Gasteiger charge is -2.36. The molecule has 2 aliphatic rings. The average molecular weight is 448 g/mol. The van der Waals surface area contributed by atoms with E-state index < -0.39 is 17.2 Å². The number of halogens is 3. The summed E-state index contributed by atoms with van der Waals surface area (Å²) in [6.45, 7) is 4.52. The Morgan fingerprint density at radius 2 is 1.66 bits per heavy atom. The molecular formula is C24H27F3N2O3. The van der Waals surface area contributed by atoms with Crippen molar-refractivity contribution in [3.05, 3.63) is 65.2 Å². The van der Waals surface area contributed by atoms with Gasteiger partial charge in [-0.25, -0.2) is 0 Å². The molecule has 2 aliphatic heterocycles. The monoisotopic (exact) mass is 448 g/mol. The van der Waals surface area contributed by atoms with Crippen LogP contribution >= 0.6 is 0 Å². The average Bonchev–Trinajstić information content (AvgIpc) is 2.80. The van der Waals surface area contributed by atoms with Gasteiger partial charge in [0.1, 0.15) is 0 Å². The molecule has 0 unspecified atom stereocenters. The maximum absolute atomic E-state index is 13.5. The van der Waals surface area contributed by atoms with Gasteiger partial charge in [-0.05, 0) is 42.2 Å². The van der Waals surface area contributed by atoms with Gasteiger partial charge in [-0.3, -0.25) is 9.69 Å². The summed E-state index contributed by atoms with van der Waals surface area (Å²) in [4.78, 5) is 15.8. The van der Waals surface area contributed by atoms with Crippen LogP contribution in [0.2, 0.25) is 0 Å². The number of nitrogens with one attached hydrogen (secondary N) is 1. The van der Waals surface area contributed by atoms with E-state index in [1.807, 2.05) is 18.2 Å². The number of carbonyl (C=O) groups excluding carboxylic acids is 1. The molecule has 2 aromatic carbocycles. The fraction of sp³-hybridized carbons (Fsp3) is 0.458. The number of nitrogens with zero attached hydrogens (tertiary/aromatic N) is 1. The summed E-state index contributed by atoms with van der Waals surface area (Å²) in [5.41, 5.74) is 0.252. The Bertz CT molecular complexity index is 936. The lowest BCUT2D eigenvalue weighted by atomic mass is 9.73. The Hall–Kier alpha value is -2.42. The first-order valence-electron chi connectivity index (χ1n) is 10.8. The molecular weight excluding hydrogens is 421 g/mol. The number of carbonyl (C=O) groups is 1. The van der Waals surface area contributed by atoms with E-state index in [0.717, 1.165) is 37.3 Å². The number of ether oxygens (including phenoxy) is 2. The van der Waals surface area contributed by atoms with Crippen LogP contribution in [0.25, 0.3) is 0 Å². The fourth-order valence-electron chi connectivity index (χ4n) is 4.38. The van der Waals surface area contributed by atoms with Crippen LogP contribution in [-0.4, -0.2) is 50.3 Å². The minimum Gasteiger partial charge on any atom is -0.381 e. The topological polar surface area (TPSA) is 50.8 Å². The maximum Gasteiger partial charge on any atom is 0.416 e. The molecule has 5 nitrogen and oxygen atoms in total. The van der Waals surface area contributed by atoms with Gasteiger partial charge >= 0.3 is 6.18 Å². The van der Waals surface area contributed by atoms with Gasteiger partial charge in [0, 0.05) is 38.5 Å². The van der Waals surface area contributed by atoms with Crippen LogP contribution in [0, 0.1) is 0 Å². The van der Waals surface area contributed by atoms with E-state index in [0.29, 0.717) is 50.5 Å². The lowest BCUT2D eigenvalue weighted by Crippen LogP contribution is -2.45. The van der Waals surface area contributed by atoms with Crippen LogP contribution in [0.5, 0.6) is 0 Å². The largest absolute Gasteiger partial charge is 0.416 e. The van der Waals surface area contributed by atoms with Crippen molar-refractivity contribution in [1.82, 2.24) is 4.90 Å². The highest BCUT2D eigenvalue weighted by Gasteiger charge is 2.43. The number of alkyl halides is 3. The first-order valence-corrected chi connectivity index (χ1v) is 10.8. The molecule has 2 aromatic rings. The first-order chi connectivity index (χ1) is 15.4. The van der Waals surface area contributed by atoms with Crippen LogP contribution in [-0.2, 0) is 32.4 Å². The predicted molar refractivity (Wildman–Crippen MR) is 114 cm³/mol. The van der Waals surface area contributed by atoms with Crippen molar-refractivity contribution >= 4 is 11.6 Å². The number of hydrogen-bond acceptors (Lipinski definition) is 4. The Morgan fingerprint density at radius 1 is 0.969 bits per heavy atom. The van der Waals surface area contributed by atoms with Crippen molar-refractivity contribution < 1.29 is 27.4 Å². The standard InChI is InChI=1S/C24H27F3N2O3/c25-24(26,27)20-5-2-4-19(16-20)23(7-11-31-12-8-23)22(30)28-21-6-1-3-18(15-21)17-29-9-13-32-14-10-29/h1-6,15-16H,7-14,17H2,(H,28,30). The summed E-state index contributed by atoms with van der Waals surface area (Å²) in [6.07, 6.45) is -3.81. The van der Waals surface area contributed by atoms with E-state index in [4.69, 9.17) is 9.47 Å². The smallest absolute Gasteiger partial charge is 0.381 e. The minimum atomic E-state index is -4.47. The number of amides is 1. The van der Waals surface area contributed by atoms with Crippen LogP contribution < -0.4 is 5.32 Å². The molecule has 172 valence electrons. The van der Waals surface area contributed by atoms with E-state index in [9.17, 15) is 18.0 Å². The number of morpholine rings is 1. The third-order valence-electron chi connectivity index (χ3n) is 6.22. The van der Waals surface area contributed by atoms with Gasteiger partial charge in [-0.15, -0.1) is 0 Å². The number of benzene rings is 2. The summed E-state index contributed by atoms with van der Waals surface area (Å²) < 4.78 is 50.7. The summed E-state index contributed by atoms with van der Waals surface area (Å²) in [5, 5.41) is 2.97. The van der Waals surface area contributed by atoms with Crippen molar-refractivity contribution in [3.63, 3.8) is 0 Å². The zero-order chi connectivity index (χ0) is 22.6. The highest BCUT2D eigenvalue weighted by atomic mass is 19.4. The highest BCUT2D eigenvalue weighted by molar-refractivity contribution is 5.99. The van der Waals surface area contributed by atoms with Crippen LogP contribution in [0.15, 0.2) is 48.5 Å². The van der Waals surface area contributed by atoms with E-state index in [2.05, 4.69) is 10.2 Å². The Kier molecular flexibility index (Phi) is 6.83. The van der Waals surface area contributed by atoms with E-state index in [1.165, 1.54) is 6.07 Å². The Labute approximate surface area is 185 Å². The number of rotatable bonds is 5. The molecule has 0 aromatic heterocycles. The second kappa shape index (κ2) is 9.60. The van der Waals surface area contributed by atoms with Crippen molar-refractivity contribution in [3.8, 4) is 0 Å². The molecule has 0 radical (unpaired) electrons. The molecule has 0 aliphatic carbocycles. The quantitative estimate of drug-likeness (QED) is 0.744. The third kappa shape index (κ3) is 5.14. The minimum absolute atomic E-state index is 0.302. The molecule has 4 rings (SSSR count). The van der Waals surface area contributed by atoms with Crippen LogP contribution in [0.1, 0.15) is 29.5 Å². The molecule has 2 saturated heterocycles. The summed E-state index contributed by atoms with van der Waals surface area (Å²) in [6, 6.07) is 12.7. The van der Waals surface area contributed by atoms with Gasteiger partial charge in [0.05, 0.1) is 24.2 Å². The normalized spacial score (nSPS) is 19.5. The van der Waals surface area contributed by atoms with Gasteiger partial charge in [-0.1, -0.05) is 30.3 Å². The molecule has 1 amide bonds. The molecule has 2 fully saturated rings. The molecule has 0 spiro atoms. The van der Waals surface area contributed by atoms with Gasteiger partial charge in [-0.2, -0.15) is 13.2 Å². The second-order valence-electron chi connectivity index (χ2n) is 8.32. The molecule has 0 bridgehead atoms. The predicted octanol–water partition coefficient (Wildman–Crippen LogP) is 4.22. The molecule has 0 atom stereocenters. The SMILES string of the molecule is O=C(Nc1cccc(CN2CCOCC2)c1)C1(c2cccc(C(F)(F)F)c2)CCOCC1. The summed E-state index contributed by atoms with van der Waals surface area (Å²) in [7, 11) is 0. The highest BCUT2D eigenvalue weighted by Crippen LogP contribution is 2.39. The van der Waals surface area contributed by atoms with Crippen molar-refractivity contribution in [1.29, 1.82) is 0 Å². The number of hydrogen-bond donors (Lipinski definition) is 1. The van der Waals surface area contributed by atoms with E-state index >= 15 is 0 Å². The van der Waals surface area contributed by atoms with Gasteiger partial charge in [0.2, 0.25) is 5.91 Å². The van der Waals surface area contributed by atoms with Crippen LogP contribution in [0.3, 0.4) is 0 Å². The van der Waals surface area contributed by atoms with Gasteiger partial charge < -0.3 is 14.8 Å². The zero-order valence-corrected chi connectivity index (χ0v) is 17.8. The Balaban J connectivity index is 1.56. The molecule has 2 heterocycles. The lowest BCUT2D eigenvalue weighted by molar-refractivity contribution is -0.138. The van der Waals surface area contributed by atoms with Gasteiger partial charge in [0.15, 0.2) is 0 Å². The van der Waals surface area contributed by atoms with Crippen molar-refractivity contribution in [2.45, 2.75) is 31.0 Å². The summed E-state index contributed by atoms with van der Waals surface area (Å²) in [5.74, 6) is -0.302. The maximum atomic E-state index is 13.5. The Morgan fingerprint density at radius 3 is 2.38 bits per heavy atom. The first kappa shape index (κ1) is 22.8. The van der Waals surface area contributed by atoms with Crippen molar-refractivity contribution in [2.24, 2.45) is 0 Å². The molecule has 1 N–H and O–H groups in total. The third-order valence-corrected chi connectivity index (χ3v) is 6.22. The fourth-order valence-corrected chi connectivity index (χ4v) is 4.38. The van der Waals surface area contributed by atoms with E-state index in [1.54, 1.807) is 12.1 Å². The molecule has 0 saturated carbocycles. The van der Waals surface area contributed by atoms with Gasteiger partial charge in [0.25, 0.3) is 0 Å². The second-order valence-corrected chi connectivity index (χ2v) is 8.32. The zero-order valence-electron chi connectivity index (χ0n) is 17.8. The van der Waals surface area contributed by atoms with E-state index in [-0.39, 0.29) is 5.91 Å². The summed E-state index contributed by atoms with van der Waals surface area (Å²) >= 11 is 0. The molecule has 32 heavy (non-hydrogen) atoms. The van der Waals surface area contributed by atoms with Crippen LogP contribution in [0.4, 0.5) is 18.9 Å². The van der Waals surface area contributed by atoms with Crippen molar-refractivity contribution in [2.75, 3.05) is 44.8 Å². The number of anilines is 1.